The fourth-order valence-electron chi connectivity index (χ4n) is 2.79. The molecule has 1 atom stereocenters. The maximum absolute atomic E-state index is 11.8. The van der Waals surface area contributed by atoms with Gasteiger partial charge in [0.1, 0.15) is 13.2 Å². The molecule has 8 nitrogen and oxygen atoms in total. The maximum atomic E-state index is 11.8. The van der Waals surface area contributed by atoms with Crippen molar-refractivity contribution in [2.75, 3.05) is 26.3 Å². The van der Waals surface area contributed by atoms with Crippen molar-refractivity contribution in [3.05, 3.63) is 60.8 Å². The van der Waals surface area contributed by atoms with Crippen LogP contribution in [-0.2, 0) is 19.0 Å². The minimum absolute atomic E-state index is 0.00475. The van der Waals surface area contributed by atoms with Gasteiger partial charge in [0.05, 0.1) is 6.10 Å². The van der Waals surface area contributed by atoms with Crippen LogP contribution in [0.5, 0.6) is 0 Å². The predicted octanol–water partition coefficient (Wildman–Crippen LogP) is 3.97. The van der Waals surface area contributed by atoms with Gasteiger partial charge in [-0.15, -0.1) is 0 Å². The first-order chi connectivity index (χ1) is 15.3. The molecule has 0 aliphatic heterocycles. The molecule has 2 N–H and O–H groups in total. The molecule has 1 aliphatic rings. The molecule has 8 heteroatoms. The highest BCUT2D eigenvalue weighted by Crippen LogP contribution is 2.15. The first-order valence-corrected chi connectivity index (χ1v) is 10.7. The Bertz CT molecular complexity index is 752. The number of alkyl carbamates (subject to hydrolysis) is 2. The van der Waals surface area contributed by atoms with E-state index < -0.39 is 12.2 Å². The largest absolute Gasteiger partial charge is 0.462 e. The summed E-state index contributed by atoms with van der Waals surface area (Å²) >= 11 is 0. The van der Waals surface area contributed by atoms with E-state index in [4.69, 9.17) is 14.2 Å². The fraction of sp³-hybridized carbons (Fsp3) is 0.458. The fourth-order valence-corrected chi connectivity index (χ4v) is 2.79. The summed E-state index contributed by atoms with van der Waals surface area (Å²) in [7, 11) is 0. The smallest absolute Gasteiger partial charge is 0.407 e. The van der Waals surface area contributed by atoms with Gasteiger partial charge in [-0.1, -0.05) is 49.6 Å². The van der Waals surface area contributed by atoms with E-state index in [2.05, 4.69) is 23.8 Å². The molecule has 0 aromatic rings. The third kappa shape index (κ3) is 12.4. The quantitative estimate of drug-likeness (QED) is 0.192. The van der Waals surface area contributed by atoms with Gasteiger partial charge in [0.15, 0.2) is 0 Å². The number of rotatable bonds is 13. The molecule has 0 fully saturated rings. The van der Waals surface area contributed by atoms with Crippen LogP contribution in [0.15, 0.2) is 60.8 Å². The molecule has 0 bridgehead atoms. The standard InChI is InChI=1S/C24H34N2O6/c1-5-8-19(6-2)11-12-22(27)30-13-14-31-23(28)25-16-20-9-7-10-21(15-20)17-26-24(29)32-18(3)4/h5-8,10,15,18,20H,1-2,9,11-14,16-17H2,3-4H3,(H,25,28)(H,26,29)/b19-8+. The lowest BCUT2D eigenvalue weighted by Gasteiger charge is -2.18. The first kappa shape index (κ1) is 26.7. The minimum atomic E-state index is -0.577. The van der Waals surface area contributed by atoms with Crippen molar-refractivity contribution in [1.82, 2.24) is 10.6 Å². The van der Waals surface area contributed by atoms with Crippen LogP contribution < -0.4 is 10.6 Å². The Morgan fingerprint density at radius 3 is 2.56 bits per heavy atom. The Labute approximate surface area is 190 Å². The first-order valence-electron chi connectivity index (χ1n) is 10.7. The van der Waals surface area contributed by atoms with Gasteiger partial charge in [-0.2, -0.15) is 0 Å². The SMILES string of the molecule is C=C/C=C(\C=C)CCC(=O)OCCOC(=O)NCC1C=C(CNC(=O)OC(C)C)C=CC1. The molecule has 0 aromatic carbocycles. The molecule has 0 saturated carbocycles. The molecule has 0 spiro atoms. The van der Waals surface area contributed by atoms with E-state index in [0.717, 1.165) is 17.6 Å². The maximum Gasteiger partial charge on any atom is 0.407 e. The highest BCUT2D eigenvalue weighted by molar-refractivity contribution is 5.70. The molecule has 2 amide bonds. The highest BCUT2D eigenvalue weighted by atomic mass is 16.6. The molecule has 1 rings (SSSR count). The number of amides is 2. The predicted molar refractivity (Wildman–Crippen MR) is 123 cm³/mol. The molecule has 0 saturated heterocycles. The van der Waals surface area contributed by atoms with Gasteiger partial charge >= 0.3 is 18.2 Å². The lowest BCUT2D eigenvalue weighted by molar-refractivity contribution is -0.144. The summed E-state index contributed by atoms with van der Waals surface area (Å²) in [5, 5.41) is 5.38. The van der Waals surface area contributed by atoms with Crippen LogP contribution in [0.2, 0.25) is 0 Å². The van der Waals surface area contributed by atoms with E-state index in [1.54, 1.807) is 32.1 Å². The van der Waals surface area contributed by atoms with Gasteiger partial charge in [0.2, 0.25) is 0 Å². The number of carbonyl (C=O) groups excluding carboxylic acids is 3. The van der Waals surface area contributed by atoms with Crippen molar-refractivity contribution in [1.29, 1.82) is 0 Å². The average Bonchev–Trinajstić information content (AvgIpc) is 2.76. The summed E-state index contributed by atoms with van der Waals surface area (Å²) in [6.07, 6.45) is 11.3. The summed E-state index contributed by atoms with van der Waals surface area (Å²) in [6, 6.07) is 0. The molecule has 0 heterocycles. The van der Waals surface area contributed by atoms with Crippen molar-refractivity contribution in [2.24, 2.45) is 5.92 Å². The lowest BCUT2D eigenvalue weighted by atomic mass is 9.96. The topological polar surface area (TPSA) is 103 Å². The Morgan fingerprint density at radius 2 is 1.88 bits per heavy atom. The number of ether oxygens (including phenoxy) is 3. The molecule has 1 aliphatic carbocycles. The van der Waals surface area contributed by atoms with E-state index in [1.807, 2.05) is 18.2 Å². The second-order valence-corrected chi connectivity index (χ2v) is 7.37. The lowest BCUT2D eigenvalue weighted by Crippen LogP contribution is -2.32. The minimum Gasteiger partial charge on any atom is -0.462 e. The van der Waals surface area contributed by atoms with Crippen LogP contribution in [0.1, 0.15) is 33.1 Å². The Hall–Kier alpha value is -3.29. The summed E-state index contributed by atoms with van der Waals surface area (Å²) in [5.41, 5.74) is 1.83. The Morgan fingerprint density at radius 1 is 1.12 bits per heavy atom. The molecule has 176 valence electrons. The van der Waals surface area contributed by atoms with Gasteiger partial charge < -0.3 is 24.8 Å². The number of hydrogen-bond donors (Lipinski definition) is 2. The average molecular weight is 447 g/mol. The third-order valence-electron chi connectivity index (χ3n) is 4.30. The van der Waals surface area contributed by atoms with E-state index >= 15 is 0 Å². The van der Waals surface area contributed by atoms with Crippen molar-refractivity contribution in [3.63, 3.8) is 0 Å². The van der Waals surface area contributed by atoms with E-state index in [0.29, 0.717) is 19.5 Å². The van der Waals surface area contributed by atoms with Crippen LogP contribution >= 0.6 is 0 Å². The number of carbonyl (C=O) groups is 3. The van der Waals surface area contributed by atoms with Crippen molar-refractivity contribution < 1.29 is 28.6 Å². The van der Waals surface area contributed by atoms with Crippen LogP contribution in [0.25, 0.3) is 0 Å². The van der Waals surface area contributed by atoms with Crippen molar-refractivity contribution in [3.8, 4) is 0 Å². The zero-order valence-corrected chi connectivity index (χ0v) is 18.9. The van der Waals surface area contributed by atoms with E-state index in [9.17, 15) is 14.4 Å². The molecule has 32 heavy (non-hydrogen) atoms. The van der Waals surface area contributed by atoms with E-state index in [-0.39, 0.29) is 37.6 Å². The zero-order valence-electron chi connectivity index (χ0n) is 18.9. The number of hydrogen-bond acceptors (Lipinski definition) is 6. The molecule has 0 radical (unpaired) electrons. The molecule has 1 unspecified atom stereocenters. The van der Waals surface area contributed by atoms with Crippen LogP contribution in [0.4, 0.5) is 9.59 Å². The second-order valence-electron chi connectivity index (χ2n) is 7.37. The normalized spacial score (nSPS) is 15.4. The van der Waals surface area contributed by atoms with Crippen LogP contribution in [0, 0.1) is 5.92 Å². The molecular formula is C24H34N2O6. The number of nitrogens with one attached hydrogen (secondary N) is 2. The second kappa shape index (κ2) is 15.5. The van der Waals surface area contributed by atoms with Crippen molar-refractivity contribution >= 4 is 18.2 Å². The van der Waals surface area contributed by atoms with Gasteiger partial charge in [0.25, 0.3) is 0 Å². The van der Waals surface area contributed by atoms with Crippen LogP contribution in [0.3, 0.4) is 0 Å². The summed E-state index contributed by atoms with van der Waals surface area (Å²) in [4.78, 5) is 35.1. The van der Waals surface area contributed by atoms with Gasteiger partial charge in [-0.05, 0) is 43.8 Å². The van der Waals surface area contributed by atoms with Gasteiger partial charge in [0, 0.05) is 19.5 Å². The summed E-state index contributed by atoms with van der Waals surface area (Å²) in [5.74, 6) is -0.283. The molecular weight excluding hydrogens is 412 g/mol. The van der Waals surface area contributed by atoms with Crippen LogP contribution in [-0.4, -0.2) is 50.6 Å². The Kier molecular flexibility index (Phi) is 13.0. The summed E-state index contributed by atoms with van der Waals surface area (Å²) in [6.45, 7) is 11.6. The molecule has 0 aromatic heterocycles. The van der Waals surface area contributed by atoms with Crippen molar-refractivity contribution in [2.45, 2.75) is 39.2 Å². The van der Waals surface area contributed by atoms with Gasteiger partial charge in [-0.25, -0.2) is 9.59 Å². The number of esters is 1. The monoisotopic (exact) mass is 446 g/mol. The highest BCUT2D eigenvalue weighted by Gasteiger charge is 2.13. The third-order valence-corrected chi connectivity index (χ3v) is 4.30. The summed E-state index contributed by atoms with van der Waals surface area (Å²) < 4.78 is 15.1. The van der Waals surface area contributed by atoms with E-state index in [1.165, 1.54) is 0 Å². The Balaban J connectivity index is 2.21. The van der Waals surface area contributed by atoms with Gasteiger partial charge in [-0.3, -0.25) is 4.79 Å². The zero-order chi connectivity index (χ0) is 23.8. The number of allylic oxidation sites excluding steroid dienone is 5.